The smallest absolute Gasteiger partial charge is 0.262 e. The van der Waals surface area contributed by atoms with Gasteiger partial charge >= 0.3 is 0 Å². The van der Waals surface area contributed by atoms with Crippen LogP contribution in [0.2, 0.25) is 5.02 Å². The van der Waals surface area contributed by atoms with Crippen molar-refractivity contribution in [3.8, 4) is 0 Å². The highest BCUT2D eigenvalue weighted by Gasteiger charge is 2.18. The van der Waals surface area contributed by atoms with Crippen molar-refractivity contribution in [3.63, 3.8) is 0 Å². The maximum Gasteiger partial charge on any atom is 0.262 e. The number of nitrogens with two attached hydrogens (primary N) is 1. The molecule has 3 N–H and O–H groups in total. The van der Waals surface area contributed by atoms with E-state index in [0.717, 1.165) is 0 Å². The van der Waals surface area contributed by atoms with E-state index in [1.54, 1.807) is 66.1 Å². The minimum absolute atomic E-state index is 0.0488. The molecule has 25 heavy (non-hydrogen) atoms. The Morgan fingerprint density at radius 3 is 2.68 bits per heavy atom. The lowest BCUT2D eigenvalue weighted by molar-refractivity contribution is 0.601. The SMILES string of the molecule is Nc1cc(S(=O)(=O)Nc2ccccc2Cl)ccc1N1C=CC=NC=C1. The standard InChI is InChI=1S/C17H15ClN4O2S/c18-14-4-1-2-5-16(14)21-25(23,24)13-6-7-17(15(19)12-13)22-10-3-8-20-9-11-22/h1-12,21H,19H2. The van der Waals surface area contributed by atoms with Crippen LogP contribution in [0.1, 0.15) is 0 Å². The lowest BCUT2D eigenvalue weighted by Gasteiger charge is -2.18. The molecule has 0 unspecified atom stereocenters. The van der Waals surface area contributed by atoms with Crippen LogP contribution in [0.25, 0.3) is 0 Å². The van der Waals surface area contributed by atoms with Crippen molar-refractivity contribution >= 4 is 44.9 Å². The van der Waals surface area contributed by atoms with E-state index < -0.39 is 10.0 Å². The van der Waals surface area contributed by atoms with E-state index in [9.17, 15) is 8.42 Å². The molecule has 0 atom stereocenters. The second-order valence-corrected chi connectivity index (χ2v) is 7.24. The van der Waals surface area contributed by atoms with E-state index in [1.165, 1.54) is 12.1 Å². The van der Waals surface area contributed by atoms with Gasteiger partial charge in [-0.15, -0.1) is 0 Å². The molecule has 0 fully saturated rings. The number of aliphatic imine (C=N–C) groups is 1. The molecule has 0 aliphatic carbocycles. The molecule has 0 bridgehead atoms. The van der Waals surface area contributed by atoms with Crippen molar-refractivity contribution in [3.05, 3.63) is 72.2 Å². The molecule has 0 radical (unpaired) electrons. The molecule has 3 rings (SSSR count). The minimum atomic E-state index is -3.81. The molecular weight excluding hydrogens is 360 g/mol. The normalized spacial score (nSPS) is 13.7. The predicted octanol–water partition coefficient (Wildman–Crippen LogP) is 3.60. The van der Waals surface area contributed by atoms with Gasteiger partial charge in [-0.3, -0.25) is 9.71 Å². The summed E-state index contributed by atoms with van der Waals surface area (Å²) < 4.78 is 27.6. The Labute approximate surface area is 151 Å². The molecule has 0 saturated carbocycles. The fraction of sp³-hybridized carbons (Fsp3) is 0. The van der Waals surface area contributed by atoms with E-state index in [2.05, 4.69) is 9.71 Å². The highest BCUT2D eigenvalue weighted by atomic mass is 35.5. The van der Waals surface area contributed by atoms with Gasteiger partial charge in [-0.2, -0.15) is 0 Å². The molecule has 1 heterocycles. The first-order valence-corrected chi connectivity index (χ1v) is 9.15. The second kappa shape index (κ2) is 7.00. The number of nitrogens with zero attached hydrogens (tertiary/aromatic N) is 2. The highest BCUT2D eigenvalue weighted by Crippen LogP contribution is 2.29. The van der Waals surface area contributed by atoms with Crippen LogP contribution in [0, 0.1) is 0 Å². The van der Waals surface area contributed by atoms with Crippen molar-refractivity contribution in [2.24, 2.45) is 4.99 Å². The Balaban J connectivity index is 1.90. The van der Waals surface area contributed by atoms with Gasteiger partial charge in [-0.25, -0.2) is 8.42 Å². The van der Waals surface area contributed by atoms with Crippen LogP contribution >= 0.6 is 11.6 Å². The number of hydrogen-bond acceptors (Lipinski definition) is 5. The number of benzene rings is 2. The molecule has 8 heteroatoms. The molecule has 0 saturated heterocycles. The summed E-state index contributed by atoms with van der Waals surface area (Å²) in [6, 6.07) is 11.1. The average Bonchev–Trinajstić information content (AvgIpc) is 2.86. The lowest BCUT2D eigenvalue weighted by Crippen LogP contribution is -2.15. The Bertz CT molecular complexity index is 968. The van der Waals surface area contributed by atoms with Gasteiger partial charge in [0.15, 0.2) is 0 Å². The Morgan fingerprint density at radius 1 is 1.12 bits per heavy atom. The predicted molar refractivity (Wildman–Crippen MR) is 102 cm³/mol. The summed E-state index contributed by atoms with van der Waals surface area (Å²) in [4.78, 5) is 5.79. The quantitative estimate of drug-likeness (QED) is 0.800. The Morgan fingerprint density at radius 2 is 1.92 bits per heavy atom. The molecular formula is C17H15ClN4O2S. The Hall–Kier alpha value is -2.77. The summed E-state index contributed by atoms with van der Waals surface area (Å²) >= 11 is 6.01. The summed E-state index contributed by atoms with van der Waals surface area (Å²) in [6.07, 6.45) is 8.50. The molecule has 2 aromatic rings. The van der Waals surface area contributed by atoms with Gasteiger partial charge in [0, 0.05) is 24.8 Å². The van der Waals surface area contributed by atoms with Crippen LogP contribution in [-0.2, 0) is 10.0 Å². The fourth-order valence-corrected chi connectivity index (χ4v) is 3.59. The number of anilines is 3. The Kier molecular flexibility index (Phi) is 4.78. The molecule has 0 aromatic heterocycles. The van der Waals surface area contributed by atoms with E-state index in [-0.39, 0.29) is 4.90 Å². The monoisotopic (exact) mass is 374 g/mol. The largest absolute Gasteiger partial charge is 0.397 e. The summed E-state index contributed by atoms with van der Waals surface area (Å²) in [5.41, 5.74) is 7.33. The van der Waals surface area contributed by atoms with Gasteiger partial charge in [0.2, 0.25) is 0 Å². The van der Waals surface area contributed by atoms with Crippen LogP contribution in [0.4, 0.5) is 17.1 Å². The van der Waals surface area contributed by atoms with Gasteiger partial charge in [0.1, 0.15) is 0 Å². The number of halogens is 1. The van der Waals surface area contributed by atoms with Crippen molar-refractivity contribution in [2.45, 2.75) is 4.90 Å². The van der Waals surface area contributed by atoms with Gasteiger partial charge < -0.3 is 10.6 Å². The number of para-hydroxylation sites is 1. The molecule has 0 amide bonds. The summed E-state index contributed by atoms with van der Waals surface area (Å²) in [7, 11) is -3.81. The van der Waals surface area contributed by atoms with Crippen molar-refractivity contribution in [2.75, 3.05) is 15.4 Å². The number of rotatable bonds is 4. The maximum atomic E-state index is 12.6. The zero-order valence-electron chi connectivity index (χ0n) is 13.0. The van der Waals surface area contributed by atoms with Gasteiger partial charge in [-0.05, 0) is 36.4 Å². The maximum absolute atomic E-state index is 12.6. The number of allylic oxidation sites excluding steroid dienone is 1. The van der Waals surface area contributed by atoms with Crippen molar-refractivity contribution in [1.82, 2.24) is 0 Å². The van der Waals surface area contributed by atoms with Crippen LogP contribution in [0.15, 0.2) is 77.0 Å². The molecule has 2 aromatic carbocycles. The topological polar surface area (TPSA) is 87.8 Å². The fourth-order valence-electron chi connectivity index (χ4n) is 2.23. The van der Waals surface area contributed by atoms with E-state index >= 15 is 0 Å². The summed E-state index contributed by atoms with van der Waals surface area (Å²) in [5.74, 6) is 0. The third kappa shape index (κ3) is 3.84. The summed E-state index contributed by atoms with van der Waals surface area (Å²) in [6.45, 7) is 0. The highest BCUT2D eigenvalue weighted by molar-refractivity contribution is 7.92. The van der Waals surface area contributed by atoms with Gasteiger partial charge in [0.05, 0.1) is 27.0 Å². The van der Waals surface area contributed by atoms with Gasteiger partial charge in [-0.1, -0.05) is 23.7 Å². The average molecular weight is 375 g/mol. The first-order valence-electron chi connectivity index (χ1n) is 7.29. The summed E-state index contributed by atoms with van der Waals surface area (Å²) in [5, 5.41) is 0.315. The number of nitrogens with one attached hydrogen (secondary N) is 1. The first kappa shape index (κ1) is 17.1. The van der Waals surface area contributed by atoms with Crippen molar-refractivity contribution in [1.29, 1.82) is 0 Å². The molecule has 6 nitrogen and oxygen atoms in total. The van der Waals surface area contributed by atoms with Gasteiger partial charge in [0.25, 0.3) is 10.0 Å². The van der Waals surface area contributed by atoms with Crippen LogP contribution in [0.3, 0.4) is 0 Å². The van der Waals surface area contributed by atoms with Crippen LogP contribution < -0.4 is 15.4 Å². The minimum Gasteiger partial charge on any atom is -0.397 e. The molecule has 1 aliphatic heterocycles. The molecule has 1 aliphatic rings. The van der Waals surface area contributed by atoms with E-state index in [1.807, 2.05) is 0 Å². The zero-order valence-corrected chi connectivity index (χ0v) is 14.6. The molecule has 0 spiro atoms. The van der Waals surface area contributed by atoms with Crippen LogP contribution in [0.5, 0.6) is 0 Å². The van der Waals surface area contributed by atoms with E-state index in [4.69, 9.17) is 17.3 Å². The number of nitrogen functional groups attached to an aromatic ring is 1. The molecule has 128 valence electrons. The zero-order chi connectivity index (χ0) is 17.9. The number of hydrogen-bond donors (Lipinski definition) is 2. The lowest BCUT2D eigenvalue weighted by atomic mass is 10.2. The van der Waals surface area contributed by atoms with Crippen molar-refractivity contribution < 1.29 is 8.42 Å². The van der Waals surface area contributed by atoms with E-state index in [0.29, 0.717) is 22.1 Å². The van der Waals surface area contributed by atoms with Crippen LogP contribution in [-0.4, -0.2) is 14.6 Å². The third-order valence-corrected chi connectivity index (χ3v) is 5.13. The second-order valence-electron chi connectivity index (χ2n) is 5.15. The number of sulfonamides is 1. The third-order valence-electron chi connectivity index (χ3n) is 3.44. The first-order chi connectivity index (χ1) is 12.0.